The molecule has 156 valence electrons. The van der Waals surface area contributed by atoms with Gasteiger partial charge in [0.1, 0.15) is 5.56 Å². The molecule has 4 rings (SSSR count). The Morgan fingerprint density at radius 3 is 2.60 bits per heavy atom. The van der Waals surface area contributed by atoms with Crippen LogP contribution in [0.1, 0.15) is 38.7 Å². The molecular weight excluding hydrogens is 401 g/mol. The molecule has 2 aromatic heterocycles. The Kier molecular flexibility index (Phi) is 5.06. The van der Waals surface area contributed by atoms with Crippen LogP contribution < -0.4 is 5.32 Å². The minimum atomic E-state index is -4.69. The number of hydrogen-bond donors (Lipinski definition) is 1. The Balaban J connectivity index is 1.53. The van der Waals surface area contributed by atoms with Crippen molar-refractivity contribution in [3.05, 3.63) is 71.4 Å². The van der Waals surface area contributed by atoms with Crippen LogP contribution >= 0.6 is 0 Å². The van der Waals surface area contributed by atoms with Crippen LogP contribution in [0, 0.1) is 0 Å². The highest BCUT2D eigenvalue weighted by molar-refractivity contribution is 6.03. The fourth-order valence-electron chi connectivity index (χ4n) is 3.30. The number of nitrogens with one attached hydrogen (secondary N) is 1. The predicted molar refractivity (Wildman–Crippen MR) is 99.7 cm³/mol. The van der Waals surface area contributed by atoms with Crippen LogP contribution in [-0.4, -0.2) is 33.0 Å². The lowest BCUT2D eigenvalue weighted by molar-refractivity contribution is -0.138. The number of anilines is 1. The van der Waals surface area contributed by atoms with Crippen molar-refractivity contribution < 1.29 is 27.2 Å². The van der Waals surface area contributed by atoms with Gasteiger partial charge in [-0.1, -0.05) is 18.2 Å². The number of hydrogen-bond acceptors (Lipinski definition) is 4. The van der Waals surface area contributed by atoms with Crippen LogP contribution in [0.25, 0.3) is 0 Å². The fourth-order valence-corrected chi connectivity index (χ4v) is 3.30. The van der Waals surface area contributed by atoms with Gasteiger partial charge in [-0.2, -0.15) is 18.3 Å². The lowest BCUT2D eigenvalue weighted by atomic mass is 10.2. The van der Waals surface area contributed by atoms with E-state index in [0.717, 1.165) is 12.3 Å². The molecular formula is C20H17F3N4O3. The number of rotatable bonds is 3. The summed E-state index contributed by atoms with van der Waals surface area (Å²) in [6, 6.07) is 11.1. The minimum Gasteiger partial charge on any atom is -0.459 e. The number of para-hydroxylation sites is 1. The standard InChI is InChI=1S/C20H17F3N4O3/c21-20(22,23)15-7-10-30-17(15)19(29)26-8-4-9-27-14(12-26)11-16(25-27)18(28)24-13-5-2-1-3-6-13/h1-3,5-7,10-11H,4,8-9,12H2,(H,24,28). The monoisotopic (exact) mass is 418 g/mol. The van der Waals surface area contributed by atoms with Crippen LogP contribution in [-0.2, 0) is 19.3 Å². The van der Waals surface area contributed by atoms with E-state index in [0.29, 0.717) is 24.3 Å². The van der Waals surface area contributed by atoms with Gasteiger partial charge in [0.15, 0.2) is 5.69 Å². The normalized spacial score (nSPS) is 14.2. The molecule has 0 spiro atoms. The van der Waals surface area contributed by atoms with Crippen molar-refractivity contribution >= 4 is 17.5 Å². The highest BCUT2D eigenvalue weighted by atomic mass is 19.4. The number of carbonyl (C=O) groups excluding carboxylic acids is 2. The van der Waals surface area contributed by atoms with E-state index in [-0.39, 0.29) is 18.8 Å². The first-order valence-corrected chi connectivity index (χ1v) is 9.20. The maximum atomic E-state index is 13.1. The first-order chi connectivity index (χ1) is 14.3. The van der Waals surface area contributed by atoms with E-state index in [1.807, 2.05) is 6.07 Å². The topological polar surface area (TPSA) is 80.4 Å². The number of furan rings is 1. The Bertz CT molecular complexity index is 1070. The summed E-state index contributed by atoms with van der Waals surface area (Å²) in [6.07, 6.45) is -3.36. The van der Waals surface area contributed by atoms with Crippen molar-refractivity contribution in [2.24, 2.45) is 0 Å². The third-order valence-corrected chi connectivity index (χ3v) is 4.73. The van der Waals surface area contributed by atoms with Gasteiger partial charge in [0, 0.05) is 18.8 Å². The molecule has 1 aromatic carbocycles. The summed E-state index contributed by atoms with van der Waals surface area (Å²) in [6.45, 7) is 0.691. The average molecular weight is 418 g/mol. The van der Waals surface area contributed by atoms with E-state index < -0.39 is 29.3 Å². The second-order valence-electron chi connectivity index (χ2n) is 6.81. The quantitative estimate of drug-likeness (QED) is 0.702. The van der Waals surface area contributed by atoms with Crippen molar-refractivity contribution in [3.63, 3.8) is 0 Å². The van der Waals surface area contributed by atoms with Gasteiger partial charge in [-0.3, -0.25) is 14.3 Å². The molecule has 0 aliphatic carbocycles. The number of alkyl halides is 3. The summed E-state index contributed by atoms with van der Waals surface area (Å²) in [5.41, 5.74) is 0.226. The lowest BCUT2D eigenvalue weighted by Crippen LogP contribution is -2.31. The Labute approximate surface area is 169 Å². The van der Waals surface area contributed by atoms with Crippen LogP contribution in [0.3, 0.4) is 0 Å². The second-order valence-corrected chi connectivity index (χ2v) is 6.81. The van der Waals surface area contributed by atoms with E-state index in [1.54, 1.807) is 28.9 Å². The Morgan fingerprint density at radius 1 is 1.10 bits per heavy atom. The first-order valence-electron chi connectivity index (χ1n) is 9.20. The number of carbonyl (C=O) groups is 2. The molecule has 2 amide bonds. The maximum absolute atomic E-state index is 13.1. The van der Waals surface area contributed by atoms with Gasteiger partial charge < -0.3 is 14.6 Å². The van der Waals surface area contributed by atoms with Gasteiger partial charge in [0.2, 0.25) is 5.76 Å². The predicted octanol–water partition coefficient (Wildman–Crippen LogP) is 3.79. The summed E-state index contributed by atoms with van der Waals surface area (Å²) in [4.78, 5) is 26.4. The molecule has 0 saturated carbocycles. The summed E-state index contributed by atoms with van der Waals surface area (Å²) in [5.74, 6) is -2.00. The van der Waals surface area contributed by atoms with Crippen LogP contribution in [0.15, 0.2) is 53.1 Å². The number of halogens is 3. The molecule has 0 bridgehead atoms. The maximum Gasteiger partial charge on any atom is 0.420 e. The third-order valence-electron chi connectivity index (χ3n) is 4.73. The fraction of sp³-hybridized carbons (Fsp3) is 0.250. The molecule has 7 nitrogen and oxygen atoms in total. The molecule has 0 atom stereocenters. The minimum absolute atomic E-state index is 0.0163. The van der Waals surface area contributed by atoms with Crippen LogP contribution in [0.4, 0.5) is 18.9 Å². The van der Waals surface area contributed by atoms with Gasteiger partial charge in [0.25, 0.3) is 11.8 Å². The van der Waals surface area contributed by atoms with E-state index in [9.17, 15) is 22.8 Å². The molecule has 1 N–H and O–H groups in total. The Morgan fingerprint density at radius 2 is 1.87 bits per heavy atom. The SMILES string of the molecule is O=C(Nc1ccccc1)c1cc2n(n1)CCCN(C(=O)c1occc1C(F)(F)F)C2. The highest BCUT2D eigenvalue weighted by Crippen LogP contribution is 2.33. The van der Waals surface area contributed by atoms with E-state index in [2.05, 4.69) is 10.4 Å². The zero-order valence-corrected chi connectivity index (χ0v) is 15.6. The number of aryl methyl sites for hydroxylation is 1. The molecule has 3 heterocycles. The first kappa shape index (κ1) is 19.7. The number of nitrogens with zero attached hydrogens (tertiary/aromatic N) is 3. The molecule has 1 aliphatic rings. The molecule has 0 saturated heterocycles. The molecule has 3 aromatic rings. The molecule has 10 heteroatoms. The van der Waals surface area contributed by atoms with E-state index in [1.165, 1.54) is 11.0 Å². The third kappa shape index (κ3) is 3.93. The zero-order valence-electron chi connectivity index (χ0n) is 15.6. The number of benzene rings is 1. The van der Waals surface area contributed by atoms with Gasteiger partial charge in [-0.05, 0) is 30.7 Å². The smallest absolute Gasteiger partial charge is 0.420 e. The van der Waals surface area contributed by atoms with Crippen molar-refractivity contribution in [2.75, 3.05) is 11.9 Å². The van der Waals surface area contributed by atoms with Gasteiger partial charge >= 0.3 is 6.18 Å². The van der Waals surface area contributed by atoms with E-state index in [4.69, 9.17) is 4.42 Å². The van der Waals surface area contributed by atoms with E-state index >= 15 is 0 Å². The molecule has 0 fully saturated rings. The second kappa shape index (κ2) is 7.69. The molecule has 0 unspecified atom stereocenters. The number of amides is 2. The van der Waals surface area contributed by atoms with Crippen molar-refractivity contribution in [1.82, 2.24) is 14.7 Å². The van der Waals surface area contributed by atoms with Gasteiger partial charge in [0.05, 0.1) is 18.5 Å². The Hall–Kier alpha value is -3.56. The van der Waals surface area contributed by atoms with Crippen molar-refractivity contribution in [3.8, 4) is 0 Å². The van der Waals surface area contributed by atoms with Crippen molar-refractivity contribution in [2.45, 2.75) is 25.7 Å². The highest BCUT2D eigenvalue weighted by Gasteiger charge is 2.39. The number of aromatic nitrogens is 2. The lowest BCUT2D eigenvalue weighted by Gasteiger charge is -2.19. The summed E-state index contributed by atoms with van der Waals surface area (Å²) in [5, 5.41) is 7.01. The van der Waals surface area contributed by atoms with Crippen molar-refractivity contribution in [1.29, 1.82) is 0 Å². The summed E-state index contributed by atoms with van der Waals surface area (Å²) >= 11 is 0. The number of fused-ring (bicyclic) bond motifs is 1. The molecule has 1 aliphatic heterocycles. The largest absolute Gasteiger partial charge is 0.459 e. The van der Waals surface area contributed by atoms with Crippen LogP contribution in [0.2, 0.25) is 0 Å². The van der Waals surface area contributed by atoms with Gasteiger partial charge in [-0.25, -0.2) is 0 Å². The molecule has 0 radical (unpaired) electrons. The average Bonchev–Trinajstić information content (AvgIpc) is 3.31. The van der Waals surface area contributed by atoms with Gasteiger partial charge in [-0.15, -0.1) is 0 Å². The summed E-state index contributed by atoms with van der Waals surface area (Å²) < 4.78 is 45.8. The molecule has 30 heavy (non-hydrogen) atoms. The van der Waals surface area contributed by atoms with Crippen LogP contribution in [0.5, 0.6) is 0 Å². The zero-order chi connectivity index (χ0) is 21.3. The summed E-state index contributed by atoms with van der Waals surface area (Å²) in [7, 11) is 0.